The maximum absolute atomic E-state index is 6.85. The zero-order valence-corrected chi connectivity index (χ0v) is 32.6. The molecule has 0 bridgehead atoms. The minimum absolute atomic E-state index is 0.0987. The first-order chi connectivity index (χ1) is 27.6. The predicted octanol–water partition coefficient (Wildman–Crippen LogP) is 8.87. The molecule has 56 heavy (non-hydrogen) atoms. The van der Waals surface area contributed by atoms with Crippen molar-refractivity contribution in [3.8, 4) is 28.7 Å². The molecule has 7 rings (SSSR count). The summed E-state index contributed by atoms with van der Waals surface area (Å²) in [4.78, 5) is 0. The van der Waals surface area contributed by atoms with Crippen LogP contribution in [0, 0.1) is 0 Å². The van der Waals surface area contributed by atoms with Gasteiger partial charge in [0.15, 0.2) is 0 Å². The summed E-state index contributed by atoms with van der Waals surface area (Å²) in [6.07, 6.45) is 0.343. The molecule has 0 aliphatic carbocycles. The van der Waals surface area contributed by atoms with E-state index in [0.29, 0.717) is 46.1 Å². The van der Waals surface area contributed by atoms with Gasteiger partial charge in [-0.1, -0.05) is 91.0 Å². The van der Waals surface area contributed by atoms with Gasteiger partial charge in [-0.25, -0.2) is 0 Å². The number of hydrogen-bond donors (Lipinski definition) is 1. The SMILES string of the molecule is COc1cc(COC2CNCC(OCc3cc(OC)c4ccccc4c3OC)C2c2ccc(OCCCOCc3ccccc3)cc2)c(OC)c2ccccc12. The van der Waals surface area contributed by atoms with Gasteiger partial charge in [0, 0.05) is 58.1 Å². The Morgan fingerprint density at radius 1 is 0.536 bits per heavy atom. The Labute approximate surface area is 329 Å². The first-order valence-electron chi connectivity index (χ1n) is 19.1. The molecule has 6 aromatic rings. The monoisotopic (exact) mass is 757 g/mol. The lowest BCUT2D eigenvalue weighted by Crippen LogP contribution is -2.50. The van der Waals surface area contributed by atoms with Crippen LogP contribution in [0.4, 0.5) is 0 Å². The summed E-state index contributed by atoms with van der Waals surface area (Å²) in [5.41, 5.74) is 4.09. The van der Waals surface area contributed by atoms with Crippen molar-refractivity contribution < 1.29 is 37.9 Å². The highest BCUT2D eigenvalue weighted by atomic mass is 16.5. The Morgan fingerprint density at radius 3 is 1.57 bits per heavy atom. The van der Waals surface area contributed by atoms with Gasteiger partial charge in [0.25, 0.3) is 0 Å². The van der Waals surface area contributed by atoms with Crippen molar-refractivity contribution >= 4 is 21.5 Å². The maximum Gasteiger partial charge on any atom is 0.132 e. The van der Waals surface area contributed by atoms with Crippen molar-refractivity contribution in [1.82, 2.24) is 5.32 Å². The molecule has 1 N–H and O–H groups in total. The van der Waals surface area contributed by atoms with Crippen molar-refractivity contribution in [3.05, 3.63) is 138 Å². The Bertz CT molecular complexity index is 2070. The van der Waals surface area contributed by atoms with E-state index in [1.807, 2.05) is 91.0 Å². The third-order valence-electron chi connectivity index (χ3n) is 10.4. The maximum atomic E-state index is 6.85. The van der Waals surface area contributed by atoms with Crippen LogP contribution in [0.15, 0.2) is 115 Å². The summed E-state index contributed by atoms with van der Waals surface area (Å²) >= 11 is 0. The van der Waals surface area contributed by atoms with E-state index in [2.05, 4.69) is 29.6 Å². The molecule has 292 valence electrons. The largest absolute Gasteiger partial charge is 0.496 e. The molecule has 1 aliphatic heterocycles. The van der Waals surface area contributed by atoms with E-state index in [4.69, 9.17) is 37.9 Å². The Morgan fingerprint density at radius 2 is 1.05 bits per heavy atom. The second-order valence-corrected chi connectivity index (χ2v) is 13.8. The smallest absolute Gasteiger partial charge is 0.132 e. The van der Waals surface area contributed by atoms with Gasteiger partial charge in [-0.3, -0.25) is 0 Å². The fourth-order valence-corrected chi connectivity index (χ4v) is 7.69. The van der Waals surface area contributed by atoms with Crippen LogP contribution < -0.4 is 29.0 Å². The number of piperidine rings is 1. The van der Waals surface area contributed by atoms with E-state index >= 15 is 0 Å². The Kier molecular flexibility index (Phi) is 13.2. The topological polar surface area (TPSA) is 85.9 Å². The van der Waals surface area contributed by atoms with Crippen LogP contribution >= 0.6 is 0 Å². The van der Waals surface area contributed by atoms with Crippen molar-refractivity contribution in [1.29, 1.82) is 0 Å². The molecule has 2 unspecified atom stereocenters. The van der Waals surface area contributed by atoms with Crippen molar-refractivity contribution in [3.63, 3.8) is 0 Å². The number of ether oxygens (including phenoxy) is 8. The average Bonchev–Trinajstić information content (AvgIpc) is 3.25. The highest BCUT2D eigenvalue weighted by Crippen LogP contribution is 2.40. The summed E-state index contributed by atoms with van der Waals surface area (Å²) in [6.45, 7) is 3.72. The van der Waals surface area contributed by atoms with Gasteiger partial charge in [-0.15, -0.1) is 0 Å². The number of rotatable bonds is 18. The third kappa shape index (κ3) is 8.87. The molecule has 0 saturated carbocycles. The van der Waals surface area contributed by atoms with E-state index in [-0.39, 0.29) is 18.1 Å². The highest BCUT2D eigenvalue weighted by molar-refractivity contribution is 5.95. The Balaban J connectivity index is 1.10. The minimum Gasteiger partial charge on any atom is -0.496 e. The molecule has 1 aliphatic rings. The fraction of sp³-hybridized carbons (Fsp3) is 0.319. The normalized spacial score (nSPS) is 16.8. The number of hydrogen-bond acceptors (Lipinski definition) is 9. The Hall–Kier alpha value is -5.32. The number of methoxy groups -OCH3 is 4. The van der Waals surface area contributed by atoms with Crippen molar-refractivity contribution in [2.75, 3.05) is 54.7 Å². The lowest BCUT2D eigenvalue weighted by atomic mass is 9.85. The number of fused-ring (bicyclic) bond motifs is 2. The lowest BCUT2D eigenvalue weighted by Gasteiger charge is -2.39. The molecule has 0 amide bonds. The molecule has 0 aromatic heterocycles. The molecular formula is C47H51NO8. The van der Waals surface area contributed by atoms with Gasteiger partial charge >= 0.3 is 0 Å². The van der Waals surface area contributed by atoms with Crippen molar-refractivity contribution in [2.45, 2.75) is 44.4 Å². The zero-order chi connectivity index (χ0) is 38.7. The summed E-state index contributed by atoms with van der Waals surface area (Å²) in [6, 6.07) is 38.7. The van der Waals surface area contributed by atoms with E-state index in [1.54, 1.807) is 28.4 Å². The molecular weight excluding hydrogens is 707 g/mol. The number of benzene rings is 6. The summed E-state index contributed by atoms with van der Waals surface area (Å²) < 4.78 is 49.2. The van der Waals surface area contributed by atoms with Crippen LogP contribution in [0.25, 0.3) is 21.5 Å². The second kappa shape index (κ2) is 19.0. The van der Waals surface area contributed by atoms with Gasteiger partial charge in [0.2, 0.25) is 0 Å². The number of nitrogens with one attached hydrogen (secondary N) is 1. The first kappa shape index (κ1) is 38.9. The van der Waals surface area contributed by atoms with Gasteiger partial charge < -0.3 is 43.2 Å². The molecule has 9 heteroatoms. The molecule has 0 radical (unpaired) electrons. The summed E-state index contributed by atoms with van der Waals surface area (Å²) in [5.74, 6) is 3.81. The molecule has 0 spiro atoms. The van der Waals surface area contributed by atoms with E-state index in [9.17, 15) is 0 Å². The van der Waals surface area contributed by atoms with Crippen LogP contribution in [0.1, 0.15) is 34.6 Å². The van der Waals surface area contributed by atoms with Gasteiger partial charge in [0.05, 0.1) is 73.7 Å². The van der Waals surface area contributed by atoms with Crippen LogP contribution in [-0.4, -0.2) is 67.0 Å². The summed E-state index contributed by atoms with van der Waals surface area (Å²) in [7, 11) is 6.78. The molecule has 1 saturated heterocycles. The van der Waals surface area contributed by atoms with Gasteiger partial charge in [-0.05, 0) is 35.4 Å². The average molecular weight is 758 g/mol. The second-order valence-electron chi connectivity index (χ2n) is 13.8. The molecule has 6 aromatic carbocycles. The highest BCUT2D eigenvalue weighted by Gasteiger charge is 2.37. The zero-order valence-electron chi connectivity index (χ0n) is 32.6. The summed E-state index contributed by atoms with van der Waals surface area (Å²) in [5, 5.41) is 7.52. The van der Waals surface area contributed by atoms with Gasteiger partial charge in [0.1, 0.15) is 28.7 Å². The first-order valence-corrected chi connectivity index (χ1v) is 19.1. The minimum atomic E-state index is -0.225. The molecule has 2 atom stereocenters. The third-order valence-corrected chi connectivity index (χ3v) is 10.4. The van der Waals surface area contributed by atoms with E-state index in [1.165, 1.54) is 5.56 Å². The van der Waals surface area contributed by atoms with Crippen LogP contribution in [-0.2, 0) is 34.0 Å². The van der Waals surface area contributed by atoms with Crippen LogP contribution in [0.3, 0.4) is 0 Å². The van der Waals surface area contributed by atoms with Crippen LogP contribution in [0.5, 0.6) is 28.7 Å². The molecule has 1 heterocycles. The van der Waals surface area contributed by atoms with E-state index in [0.717, 1.165) is 73.4 Å². The lowest BCUT2D eigenvalue weighted by molar-refractivity contribution is -0.0655. The van der Waals surface area contributed by atoms with Gasteiger partial charge in [-0.2, -0.15) is 0 Å². The molecule has 9 nitrogen and oxygen atoms in total. The standard InChI is InChI=1S/C47H51NO8/c1-49-41-25-34(46(51-3)39-17-10-8-15-37(39)41)30-55-43-27-48-28-44(56-31-35-26-42(50-2)38-16-9-11-18-40(38)47(35)52-4)45(43)33-19-21-36(22-20-33)54-24-12-23-53-29-32-13-6-5-7-14-32/h5-11,13-22,25-26,43-45,48H,12,23-24,27-31H2,1-4H3. The molecule has 1 fully saturated rings. The van der Waals surface area contributed by atoms with Crippen molar-refractivity contribution in [2.24, 2.45) is 0 Å². The predicted molar refractivity (Wildman–Crippen MR) is 220 cm³/mol. The van der Waals surface area contributed by atoms with E-state index < -0.39 is 0 Å². The van der Waals surface area contributed by atoms with Crippen LogP contribution in [0.2, 0.25) is 0 Å². The quantitative estimate of drug-likeness (QED) is 0.0865. The fourth-order valence-electron chi connectivity index (χ4n) is 7.69.